The lowest BCUT2D eigenvalue weighted by molar-refractivity contribution is -0.155. The second-order valence-corrected chi connectivity index (χ2v) is 13.2. The number of ether oxygens (including phenoxy) is 2. The molecule has 0 aliphatic carbocycles. The van der Waals surface area contributed by atoms with Crippen LogP contribution in [0.25, 0.3) is 0 Å². The van der Waals surface area contributed by atoms with Crippen LogP contribution in [-0.4, -0.2) is 119 Å². The quantitative estimate of drug-likeness (QED) is 0.184. The van der Waals surface area contributed by atoms with Crippen molar-refractivity contribution < 1.29 is 29.0 Å². The molecule has 4 rings (SSSR count). The second-order valence-electron chi connectivity index (χ2n) is 11.3. The number of fused-ring (bicyclic) bond motifs is 1. The highest BCUT2D eigenvalue weighted by Gasteiger charge is 2.77. The standard InChI is InChI=1S/C29H45N3O6S/c1-4-6-7-8-19-38-27(36)23-22-25(34)32(13-9-18-33)24(29(22)11-10-28(23,3)39-29)26(35)31(12-5-2)15-14-30-16-20-37-21-17-30/h4-5,22-24,33H,1-2,6-21H2,3H3/t22-,23-,24?,28+,29?/m0/s1. The molecule has 4 aliphatic heterocycles. The van der Waals surface area contributed by atoms with Crippen molar-refractivity contribution >= 4 is 29.5 Å². The van der Waals surface area contributed by atoms with E-state index < -0.39 is 27.4 Å². The van der Waals surface area contributed by atoms with Crippen molar-refractivity contribution in [2.75, 3.05) is 65.7 Å². The minimum absolute atomic E-state index is 0.0726. The summed E-state index contributed by atoms with van der Waals surface area (Å²) >= 11 is 1.66. The molecule has 218 valence electrons. The molecule has 2 amide bonds. The summed E-state index contributed by atoms with van der Waals surface area (Å²) in [6, 6.07) is -0.677. The monoisotopic (exact) mass is 563 g/mol. The van der Waals surface area contributed by atoms with Crippen LogP contribution in [0.3, 0.4) is 0 Å². The van der Waals surface area contributed by atoms with Gasteiger partial charge in [0.15, 0.2) is 0 Å². The molecule has 39 heavy (non-hydrogen) atoms. The lowest BCUT2D eigenvalue weighted by Crippen LogP contribution is -2.56. The topological polar surface area (TPSA) is 99.6 Å². The zero-order chi connectivity index (χ0) is 28.0. The van der Waals surface area contributed by atoms with Crippen LogP contribution < -0.4 is 0 Å². The number of hydrogen-bond acceptors (Lipinski definition) is 8. The van der Waals surface area contributed by atoms with Crippen LogP contribution in [-0.2, 0) is 23.9 Å². The number of aliphatic hydroxyl groups excluding tert-OH is 1. The van der Waals surface area contributed by atoms with E-state index >= 15 is 0 Å². The van der Waals surface area contributed by atoms with Gasteiger partial charge in [0, 0.05) is 50.6 Å². The van der Waals surface area contributed by atoms with E-state index in [1.54, 1.807) is 22.7 Å². The van der Waals surface area contributed by atoms with E-state index in [1.165, 1.54) is 0 Å². The van der Waals surface area contributed by atoms with Gasteiger partial charge in [-0.3, -0.25) is 19.3 Å². The molecule has 10 heteroatoms. The van der Waals surface area contributed by atoms with Gasteiger partial charge in [-0.15, -0.1) is 24.9 Å². The molecule has 4 heterocycles. The van der Waals surface area contributed by atoms with E-state index in [4.69, 9.17) is 9.47 Å². The summed E-state index contributed by atoms with van der Waals surface area (Å²) in [5, 5.41) is 9.58. The van der Waals surface area contributed by atoms with Crippen molar-refractivity contribution in [3.63, 3.8) is 0 Å². The maximum atomic E-state index is 14.3. The summed E-state index contributed by atoms with van der Waals surface area (Å²) in [4.78, 5) is 47.6. The molecule has 5 atom stereocenters. The van der Waals surface area contributed by atoms with Crippen molar-refractivity contribution in [3.8, 4) is 0 Å². The number of aliphatic hydroxyl groups is 1. The van der Waals surface area contributed by atoms with E-state index in [0.717, 1.165) is 45.3 Å². The fourth-order valence-corrected chi connectivity index (χ4v) is 9.24. The van der Waals surface area contributed by atoms with Crippen LogP contribution in [0, 0.1) is 11.8 Å². The minimum Gasteiger partial charge on any atom is -0.465 e. The molecule has 2 unspecified atom stereocenters. The highest BCUT2D eigenvalue weighted by Crippen LogP contribution is 2.71. The number of carbonyl (C=O) groups excluding carboxylic acids is 3. The number of amides is 2. The summed E-state index contributed by atoms with van der Waals surface area (Å²) in [7, 11) is 0. The third-order valence-electron chi connectivity index (χ3n) is 8.82. The van der Waals surface area contributed by atoms with E-state index in [9.17, 15) is 19.5 Å². The predicted molar refractivity (Wildman–Crippen MR) is 151 cm³/mol. The van der Waals surface area contributed by atoms with Gasteiger partial charge in [-0.05, 0) is 45.4 Å². The Bertz CT molecular complexity index is 927. The van der Waals surface area contributed by atoms with Gasteiger partial charge in [0.2, 0.25) is 11.8 Å². The number of rotatable bonds is 15. The van der Waals surface area contributed by atoms with Gasteiger partial charge in [-0.25, -0.2) is 0 Å². The number of esters is 1. The first-order chi connectivity index (χ1) is 18.8. The molecule has 0 aromatic carbocycles. The van der Waals surface area contributed by atoms with Crippen molar-refractivity contribution in [1.29, 1.82) is 0 Å². The van der Waals surface area contributed by atoms with Crippen LogP contribution >= 0.6 is 11.8 Å². The van der Waals surface area contributed by atoms with Gasteiger partial charge < -0.3 is 24.4 Å². The Labute approximate surface area is 236 Å². The van der Waals surface area contributed by atoms with Gasteiger partial charge in [-0.2, -0.15) is 0 Å². The first-order valence-corrected chi connectivity index (χ1v) is 15.2. The number of morpholine rings is 1. The van der Waals surface area contributed by atoms with Crippen LogP contribution in [0.5, 0.6) is 0 Å². The first kappa shape index (κ1) is 30.1. The lowest BCUT2D eigenvalue weighted by atomic mass is 9.66. The highest BCUT2D eigenvalue weighted by molar-refractivity contribution is 8.02. The van der Waals surface area contributed by atoms with Crippen LogP contribution in [0.1, 0.15) is 45.4 Å². The Morgan fingerprint density at radius 3 is 2.64 bits per heavy atom. The normalized spacial score (nSPS) is 31.8. The maximum absolute atomic E-state index is 14.3. The minimum atomic E-state index is -0.677. The molecule has 0 aromatic rings. The predicted octanol–water partition coefficient (Wildman–Crippen LogP) is 2.10. The van der Waals surface area contributed by atoms with Crippen molar-refractivity contribution in [2.24, 2.45) is 11.8 Å². The van der Waals surface area contributed by atoms with Crippen molar-refractivity contribution in [3.05, 3.63) is 25.3 Å². The van der Waals surface area contributed by atoms with Gasteiger partial charge >= 0.3 is 5.97 Å². The molecule has 0 aromatic heterocycles. The van der Waals surface area contributed by atoms with Crippen molar-refractivity contribution in [2.45, 2.75) is 61.0 Å². The molecule has 0 saturated carbocycles. The zero-order valence-electron chi connectivity index (χ0n) is 23.4. The Morgan fingerprint density at radius 2 is 1.95 bits per heavy atom. The number of thioether (sulfide) groups is 1. The van der Waals surface area contributed by atoms with E-state index in [-0.39, 0.29) is 30.9 Å². The summed E-state index contributed by atoms with van der Waals surface area (Å²) in [5.74, 6) is -1.75. The Balaban J connectivity index is 1.57. The molecule has 1 spiro atoms. The van der Waals surface area contributed by atoms with Crippen LogP contribution in [0.4, 0.5) is 0 Å². The molecule has 4 saturated heterocycles. The number of nitrogens with zero attached hydrogens (tertiary/aromatic N) is 3. The molecule has 4 aliphatic rings. The molecule has 2 bridgehead atoms. The maximum Gasteiger partial charge on any atom is 0.311 e. The average Bonchev–Trinajstić information content (AvgIpc) is 3.50. The van der Waals surface area contributed by atoms with E-state index in [0.29, 0.717) is 45.8 Å². The fourth-order valence-electron chi connectivity index (χ4n) is 6.90. The third-order valence-corrected chi connectivity index (χ3v) is 10.8. The van der Waals surface area contributed by atoms with E-state index in [1.807, 2.05) is 11.0 Å². The Hall–Kier alpha value is -1.88. The van der Waals surface area contributed by atoms with Crippen LogP contribution in [0.2, 0.25) is 0 Å². The summed E-state index contributed by atoms with van der Waals surface area (Å²) < 4.78 is 10.1. The SMILES string of the molecule is C=CCCCCOC(=O)[C@@H]1[C@H]2C(=O)N(CCCO)C(C(=O)N(CC=C)CCN3CCOCC3)C23CC[C@@]1(C)S3. The number of carbonyl (C=O) groups is 3. The molecular weight excluding hydrogens is 518 g/mol. The smallest absolute Gasteiger partial charge is 0.311 e. The first-order valence-electron chi connectivity index (χ1n) is 14.4. The number of allylic oxidation sites excluding steroid dienone is 1. The second kappa shape index (κ2) is 13.2. The fraction of sp³-hybridized carbons (Fsp3) is 0.759. The van der Waals surface area contributed by atoms with Gasteiger partial charge in [-0.1, -0.05) is 12.2 Å². The molecule has 0 radical (unpaired) electrons. The lowest BCUT2D eigenvalue weighted by Gasteiger charge is -2.38. The number of unbranched alkanes of at least 4 members (excludes halogenated alkanes) is 2. The number of likely N-dealkylation sites (tertiary alicyclic amines) is 1. The largest absolute Gasteiger partial charge is 0.465 e. The third kappa shape index (κ3) is 5.94. The summed E-state index contributed by atoms with van der Waals surface area (Å²) in [5.41, 5.74) is 0. The van der Waals surface area contributed by atoms with Gasteiger partial charge in [0.05, 0.1) is 36.4 Å². The molecule has 1 N–H and O–H groups in total. The zero-order valence-corrected chi connectivity index (χ0v) is 24.2. The Morgan fingerprint density at radius 1 is 1.18 bits per heavy atom. The van der Waals surface area contributed by atoms with Crippen molar-refractivity contribution in [1.82, 2.24) is 14.7 Å². The summed E-state index contributed by atoms with van der Waals surface area (Å²) in [6.45, 7) is 14.9. The van der Waals surface area contributed by atoms with Crippen LogP contribution in [0.15, 0.2) is 25.3 Å². The summed E-state index contributed by atoms with van der Waals surface area (Å²) in [6.07, 6.45) is 7.94. The van der Waals surface area contributed by atoms with Gasteiger partial charge in [0.1, 0.15) is 6.04 Å². The van der Waals surface area contributed by atoms with Gasteiger partial charge in [0.25, 0.3) is 0 Å². The molecule has 4 fully saturated rings. The van der Waals surface area contributed by atoms with E-state index in [2.05, 4.69) is 25.0 Å². The highest BCUT2D eigenvalue weighted by atomic mass is 32.2. The molecule has 9 nitrogen and oxygen atoms in total. The average molecular weight is 564 g/mol. The Kier molecular flexibility index (Phi) is 10.2. The number of hydrogen-bond donors (Lipinski definition) is 1. The molecular formula is C29H45N3O6S.